The second kappa shape index (κ2) is 7.45. The summed E-state index contributed by atoms with van der Waals surface area (Å²) in [5, 5.41) is 13.6. The van der Waals surface area contributed by atoms with Crippen LogP contribution < -0.4 is 11.1 Å². The maximum absolute atomic E-state index is 12.5. The molecule has 0 spiro atoms. The monoisotopic (exact) mass is 339 g/mol. The minimum atomic E-state index is -0.876. The van der Waals surface area contributed by atoms with Gasteiger partial charge in [-0.3, -0.25) is 9.59 Å². The lowest BCUT2D eigenvalue weighted by Gasteiger charge is -2.35. The Morgan fingerprint density at radius 1 is 1.48 bits per heavy atom. The van der Waals surface area contributed by atoms with E-state index in [1.54, 1.807) is 4.90 Å². The quantitative estimate of drug-likeness (QED) is 0.753. The Balaban J connectivity index is 2.05. The summed E-state index contributed by atoms with van der Waals surface area (Å²) in [5.74, 6) is -1.44. The maximum atomic E-state index is 12.5. The molecular formula is C15H21N3O4S. The fourth-order valence-electron chi connectivity index (χ4n) is 2.92. The molecule has 1 fully saturated rings. The molecule has 0 aliphatic carbocycles. The molecule has 1 saturated heterocycles. The van der Waals surface area contributed by atoms with Crippen LogP contribution in [0.5, 0.6) is 0 Å². The lowest BCUT2D eigenvalue weighted by molar-refractivity contribution is -0.147. The summed E-state index contributed by atoms with van der Waals surface area (Å²) in [7, 11) is 0. The molecule has 1 aromatic rings. The Kier molecular flexibility index (Phi) is 5.59. The first-order valence-corrected chi connectivity index (χ1v) is 8.34. The van der Waals surface area contributed by atoms with Crippen LogP contribution >= 0.6 is 11.3 Å². The fourth-order valence-corrected chi connectivity index (χ4v) is 3.70. The fraction of sp³-hybridized carbons (Fsp3) is 0.533. The van der Waals surface area contributed by atoms with Crippen LogP contribution in [0.2, 0.25) is 0 Å². The van der Waals surface area contributed by atoms with Gasteiger partial charge in [-0.05, 0) is 23.8 Å². The van der Waals surface area contributed by atoms with Crippen molar-refractivity contribution in [1.29, 1.82) is 0 Å². The molecule has 8 heteroatoms. The molecule has 0 bridgehead atoms. The van der Waals surface area contributed by atoms with E-state index in [4.69, 9.17) is 5.73 Å². The maximum Gasteiger partial charge on any atom is 0.312 e. The van der Waals surface area contributed by atoms with Crippen LogP contribution in [0.4, 0.5) is 4.79 Å². The molecule has 4 N–H and O–H groups in total. The first-order valence-electron chi connectivity index (χ1n) is 7.46. The van der Waals surface area contributed by atoms with Crippen LogP contribution in [0.15, 0.2) is 17.5 Å². The number of nitrogens with zero attached hydrogens (tertiary/aromatic N) is 1. The molecule has 1 aromatic heterocycles. The predicted octanol–water partition coefficient (Wildman–Crippen LogP) is 1.42. The molecular weight excluding hydrogens is 318 g/mol. The molecule has 1 aliphatic rings. The zero-order valence-electron chi connectivity index (χ0n) is 12.9. The van der Waals surface area contributed by atoms with Gasteiger partial charge in [0, 0.05) is 18.0 Å². The van der Waals surface area contributed by atoms with E-state index in [9.17, 15) is 19.5 Å². The van der Waals surface area contributed by atoms with Gasteiger partial charge >= 0.3 is 12.0 Å². The summed E-state index contributed by atoms with van der Waals surface area (Å²) in [6.07, 6.45) is 0.648. The lowest BCUT2D eigenvalue weighted by atomic mass is 9.90. The number of carboxylic acid groups (broad SMARTS) is 1. The Hall–Kier alpha value is -2.09. The molecule has 3 atom stereocenters. The van der Waals surface area contributed by atoms with Crippen LogP contribution in [-0.4, -0.2) is 41.0 Å². The van der Waals surface area contributed by atoms with Crippen LogP contribution in [0.25, 0.3) is 0 Å². The van der Waals surface area contributed by atoms with Gasteiger partial charge in [0.2, 0.25) is 5.91 Å². The Bertz CT molecular complexity index is 575. The van der Waals surface area contributed by atoms with Crippen molar-refractivity contribution in [3.63, 3.8) is 0 Å². The number of likely N-dealkylation sites (tertiary alicyclic amines) is 1. The summed E-state index contributed by atoms with van der Waals surface area (Å²) >= 11 is 1.43. The third-order valence-corrected chi connectivity index (χ3v) is 4.93. The second-order valence-electron chi connectivity index (χ2n) is 5.96. The van der Waals surface area contributed by atoms with Crippen molar-refractivity contribution in [1.82, 2.24) is 10.2 Å². The molecule has 0 saturated carbocycles. The van der Waals surface area contributed by atoms with Crippen LogP contribution in [0.1, 0.15) is 30.7 Å². The number of carbonyl (C=O) groups excluding carboxylic acids is 2. The highest BCUT2D eigenvalue weighted by atomic mass is 32.1. The average Bonchev–Trinajstić information content (AvgIpc) is 2.99. The zero-order valence-corrected chi connectivity index (χ0v) is 13.7. The minimum Gasteiger partial charge on any atom is -0.481 e. The number of aliphatic carboxylic acids is 1. The first-order chi connectivity index (χ1) is 10.9. The number of hydrogen-bond acceptors (Lipinski definition) is 4. The van der Waals surface area contributed by atoms with E-state index in [0.717, 1.165) is 4.88 Å². The Morgan fingerprint density at radius 2 is 2.22 bits per heavy atom. The summed E-state index contributed by atoms with van der Waals surface area (Å²) in [4.78, 5) is 37.4. The summed E-state index contributed by atoms with van der Waals surface area (Å²) < 4.78 is 0. The molecule has 2 heterocycles. The van der Waals surface area contributed by atoms with Crippen LogP contribution in [-0.2, 0) is 9.59 Å². The zero-order chi connectivity index (χ0) is 17.0. The van der Waals surface area contributed by atoms with Gasteiger partial charge in [-0.1, -0.05) is 13.0 Å². The number of nitrogens with two attached hydrogens (primary N) is 1. The van der Waals surface area contributed by atoms with Gasteiger partial charge in [0.05, 0.1) is 18.4 Å². The number of primary amides is 1. The summed E-state index contributed by atoms with van der Waals surface area (Å²) in [5.41, 5.74) is 5.19. The second-order valence-corrected chi connectivity index (χ2v) is 6.93. The number of hydrogen-bond donors (Lipinski definition) is 3. The van der Waals surface area contributed by atoms with E-state index in [2.05, 4.69) is 5.32 Å². The number of piperidine rings is 1. The Morgan fingerprint density at radius 3 is 2.78 bits per heavy atom. The smallest absolute Gasteiger partial charge is 0.312 e. The molecule has 126 valence electrons. The standard InChI is InChI=1S/C15H21N3O4S/c1-9-5-10(14(20)21)8-18(7-9)13(19)6-11(17-15(16)22)12-3-2-4-23-12/h2-4,9-11H,5-8H2,1H3,(H,20,21)(H3,16,17,22). The van der Waals surface area contributed by atoms with Crippen molar-refractivity contribution in [3.8, 4) is 0 Å². The number of nitrogens with one attached hydrogen (secondary N) is 1. The molecule has 0 aromatic carbocycles. The van der Waals surface area contributed by atoms with Crippen molar-refractivity contribution in [2.75, 3.05) is 13.1 Å². The molecule has 3 amide bonds. The number of thiophene rings is 1. The van der Waals surface area contributed by atoms with E-state index in [0.29, 0.717) is 13.0 Å². The molecule has 2 rings (SSSR count). The topological polar surface area (TPSA) is 113 Å². The largest absolute Gasteiger partial charge is 0.481 e. The number of carboxylic acids is 1. The van der Waals surface area contributed by atoms with Crippen molar-refractivity contribution in [2.45, 2.75) is 25.8 Å². The van der Waals surface area contributed by atoms with Gasteiger partial charge < -0.3 is 21.1 Å². The first kappa shape index (κ1) is 17.3. The predicted molar refractivity (Wildman–Crippen MR) is 85.9 cm³/mol. The van der Waals surface area contributed by atoms with Gasteiger partial charge in [-0.25, -0.2) is 4.79 Å². The highest BCUT2D eigenvalue weighted by molar-refractivity contribution is 7.10. The molecule has 3 unspecified atom stereocenters. The number of amides is 3. The Labute approximate surface area is 138 Å². The molecule has 1 aliphatic heterocycles. The van der Waals surface area contributed by atoms with Crippen molar-refractivity contribution < 1.29 is 19.5 Å². The van der Waals surface area contributed by atoms with E-state index < -0.39 is 24.0 Å². The lowest BCUT2D eigenvalue weighted by Crippen LogP contribution is -2.46. The van der Waals surface area contributed by atoms with Crippen molar-refractivity contribution >= 4 is 29.2 Å². The van der Waals surface area contributed by atoms with Gasteiger partial charge in [-0.15, -0.1) is 11.3 Å². The average molecular weight is 339 g/mol. The van der Waals surface area contributed by atoms with Gasteiger partial charge in [0.25, 0.3) is 0 Å². The van der Waals surface area contributed by atoms with Crippen LogP contribution in [0, 0.1) is 11.8 Å². The highest BCUT2D eigenvalue weighted by Crippen LogP contribution is 2.26. The van der Waals surface area contributed by atoms with E-state index in [1.165, 1.54) is 11.3 Å². The third kappa shape index (κ3) is 4.69. The van der Waals surface area contributed by atoms with Gasteiger partial charge in [0.1, 0.15) is 0 Å². The third-order valence-electron chi connectivity index (χ3n) is 3.94. The van der Waals surface area contributed by atoms with Crippen LogP contribution in [0.3, 0.4) is 0 Å². The van der Waals surface area contributed by atoms with Gasteiger partial charge in [-0.2, -0.15) is 0 Å². The molecule has 7 nitrogen and oxygen atoms in total. The van der Waals surface area contributed by atoms with Gasteiger partial charge in [0.15, 0.2) is 0 Å². The molecule has 23 heavy (non-hydrogen) atoms. The van der Waals surface area contributed by atoms with E-state index >= 15 is 0 Å². The highest BCUT2D eigenvalue weighted by Gasteiger charge is 2.33. The normalized spacial score (nSPS) is 22.4. The van der Waals surface area contributed by atoms with E-state index in [1.807, 2.05) is 24.4 Å². The van der Waals surface area contributed by atoms with E-state index in [-0.39, 0.29) is 24.8 Å². The van der Waals surface area contributed by atoms with Crippen molar-refractivity contribution in [2.24, 2.45) is 17.6 Å². The summed E-state index contributed by atoms with van der Waals surface area (Å²) in [6.45, 7) is 2.69. The SMILES string of the molecule is CC1CC(C(=O)O)CN(C(=O)CC(NC(N)=O)c2cccs2)C1. The molecule has 0 radical (unpaired) electrons. The van der Waals surface area contributed by atoms with Crippen molar-refractivity contribution in [3.05, 3.63) is 22.4 Å². The minimum absolute atomic E-state index is 0.0719. The number of urea groups is 1. The number of rotatable bonds is 5. The number of carbonyl (C=O) groups is 3. The summed E-state index contributed by atoms with van der Waals surface area (Å²) in [6, 6.07) is 2.49.